The fourth-order valence-corrected chi connectivity index (χ4v) is 3.94. The average molecular weight is 434 g/mol. The van der Waals surface area contributed by atoms with E-state index in [4.69, 9.17) is 4.74 Å². The molecule has 1 atom stereocenters. The van der Waals surface area contributed by atoms with E-state index in [9.17, 15) is 18.4 Å². The summed E-state index contributed by atoms with van der Waals surface area (Å²) in [5.74, 6) is -1.63. The maximum Gasteiger partial charge on any atom is 0.414 e. The molecule has 1 aromatic heterocycles. The molecule has 0 unspecified atom stereocenters. The molecule has 0 saturated carbocycles. The van der Waals surface area contributed by atoms with Crippen LogP contribution in [0.1, 0.15) is 32.2 Å². The molecule has 0 aliphatic carbocycles. The molecule has 4 rings (SSSR count). The molecule has 2 amide bonds. The Kier molecular flexibility index (Phi) is 6.01. The van der Waals surface area contributed by atoms with Crippen molar-refractivity contribution in [2.24, 2.45) is 0 Å². The summed E-state index contributed by atoms with van der Waals surface area (Å²) in [4.78, 5) is 28.0. The molecular weight excluding hydrogens is 410 g/mol. The summed E-state index contributed by atoms with van der Waals surface area (Å²) in [6, 6.07) is 2.39. The van der Waals surface area contributed by atoms with Gasteiger partial charge in [0.2, 0.25) is 5.91 Å². The van der Waals surface area contributed by atoms with Gasteiger partial charge in [0, 0.05) is 31.6 Å². The first-order chi connectivity index (χ1) is 15.0. The van der Waals surface area contributed by atoms with Crippen molar-refractivity contribution in [3.8, 4) is 0 Å². The van der Waals surface area contributed by atoms with Crippen LogP contribution in [0.3, 0.4) is 0 Å². The fourth-order valence-electron chi connectivity index (χ4n) is 3.94. The van der Waals surface area contributed by atoms with Crippen molar-refractivity contribution in [1.29, 1.82) is 0 Å². The molecular formula is C20H24F2N6O3. The first-order valence-electron chi connectivity index (χ1n) is 10.3. The van der Waals surface area contributed by atoms with Crippen LogP contribution >= 0.6 is 0 Å². The van der Waals surface area contributed by atoms with Crippen molar-refractivity contribution in [3.05, 3.63) is 36.2 Å². The number of rotatable bonds is 6. The average Bonchev–Trinajstić information content (AvgIpc) is 3.42. The van der Waals surface area contributed by atoms with E-state index in [1.807, 2.05) is 0 Å². The first kappa shape index (κ1) is 21.0. The number of hydrogen-bond donors (Lipinski definition) is 1. The summed E-state index contributed by atoms with van der Waals surface area (Å²) in [7, 11) is 0. The molecule has 1 aromatic carbocycles. The summed E-state index contributed by atoms with van der Waals surface area (Å²) in [5, 5.41) is 10.9. The largest absolute Gasteiger partial charge is 0.442 e. The van der Waals surface area contributed by atoms with Gasteiger partial charge in [-0.15, -0.1) is 0 Å². The predicted octanol–water partition coefficient (Wildman–Crippen LogP) is 2.25. The maximum atomic E-state index is 14.9. The third-order valence-corrected chi connectivity index (χ3v) is 5.58. The monoisotopic (exact) mass is 434 g/mol. The normalized spacial score (nSPS) is 19.6. The number of anilines is 2. The lowest BCUT2D eigenvalue weighted by Gasteiger charge is -2.33. The molecule has 0 bridgehead atoms. The van der Waals surface area contributed by atoms with Gasteiger partial charge < -0.3 is 15.0 Å². The lowest BCUT2D eigenvalue weighted by atomic mass is 10.0. The fraction of sp³-hybridized carbons (Fsp3) is 0.500. The molecule has 31 heavy (non-hydrogen) atoms. The smallest absolute Gasteiger partial charge is 0.414 e. The Labute approximate surface area is 177 Å². The number of carbonyl (C=O) groups is 2. The van der Waals surface area contributed by atoms with Crippen molar-refractivity contribution in [3.63, 3.8) is 0 Å². The maximum absolute atomic E-state index is 14.9. The third kappa shape index (κ3) is 4.44. The number of ether oxygens (including phenoxy) is 1. The number of hydrogen-bond acceptors (Lipinski definition) is 6. The van der Waals surface area contributed by atoms with Crippen LogP contribution in [0.5, 0.6) is 0 Å². The number of cyclic esters (lactones) is 1. The summed E-state index contributed by atoms with van der Waals surface area (Å²) < 4.78 is 35.0. The SMILES string of the molecule is CCC(=O)NC[C@H]1CN(c2cc(F)c(N3CCC(n4nccn4)CC3)c(F)c2)C(=O)O1. The van der Waals surface area contributed by atoms with Gasteiger partial charge in [0.1, 0.15) is 11.8 Å². The molecule has 1 N–H and O–H groups in total. The van der Waals surface area contributed by atoms with Gasteiger partial charge in [-0.2, -0.15) is 15.0 Å². The van der Waals surface area contributed by atoms with E-state index in [0.29, 0.717) is 32.4 Å². The number of aromatic nitrogens is 3. The number of benzene rings is 1. The summed E-state index contributed by atoms with van der Waals surface area (Å²) in [6.45, 7) is 2.89. The van der Waals surface area contributed by atoms with Crippen molar-refractivity contribution in [2.75, 3.05) is 36.0 Å². The highest BCUT2D eigenvalue weighted by Gasteiger charge is 2.34. The van der Waals surface area contributed by atoms with E-state index in [1.165, 1.54) is 4.90 Å². The van der Waals surface area contributed by atoms with Gasteiger partial charge >= 0.3 is 6.09 Å². The van der Waals surface area contributed by atoms with E-state index in [-0.39, 0.29) is 36.4 Å². The zero-order valence-corrected chi connectivity index (χ0v) is 17.1. The minimum absolute atomic E-state index is 0.0868. The van der Waals surface area contributed by atoms with Crippen LogP contribution < -0.4 is 15.1 Å². The second-order valence-electron chi connectivity index (χ2n) is 7.60. The third-order valence-electron chi connectivity index (χ3n) is 5.58. The standard InChI is InChI=1S/C20H24F2N6O3/c1-2-18(29)23-11-15-12-27(20(30)31-15)14-9-16(21)19(17(22)10-14)26-7-3-13(4-8-26)28-24-5-6-25-28/h5-6,9-10,13,15H,2-4,7-8,11-12H2,1H3,(H,23,29)/t15-/m0/s1. The van der Waals surface area contributed by atoms with Gasteiger partial charge in [0.15, 0.2) is 11.6 Å². The lowest BCUT2D eigenvalue weighted by molar-refractivity contribution is -0.121. The Morgan fingerprint density at radius 1 is 1.19 bits per heavy atom. The van der Waals surface area contributed by atoms with E-state index in [1.54, 1.807) is 29.0 Å². The van der Waals surface area contributed by atoms with Gasteiger partial charge in [-0.25, -0.2) is 13.6 Å². The van der Waals surface area contributed by atoms with E-state index < -0.39 is 23.8 Å². The van der Waals surface area contributed by atoms with Crippen LogP contribution in [0.25, 0.3) is 0 Å². The van der Waals surface area contributed by atoms with E-state index >= 15 is 0 Å². The van der Waals surface area contributed by atoms with Crippen molar-refractivity contribution >= 4 is 23.4 Å². The van der Waals surface area contributed by atoms with Crippen LogP contribution in [-0.4, -0.2) is 59.3 Å². The number of amides is 2. The molecule has 11 heteroatoms. The Bertz CT molecular complexity index is 923. The van der Waals surface area contributed by atoms with Crippen molar-refractivity contribution in [2.45, 2.75) is 38.3 Å². The van der Waals surface area contributed by atoms with Crippen LogP contribution in [0.4, 0.5) is 25.0 Å². The Hall–Kier alpha value is -3.24. The van der Waals surface area contributed by atoms with Crippen molar-refractivity contribution in [1.82, 2.24) is 20.3 Å². The molecule has 2 aliphatic heterocycles. The van der Waals surface area contributed by atoms with Crippen LogP contribution in [0, 0.1) is 11.6 Å². The molecule has 166 valence electrons. The molecule has 2 saturated heterocycles. The summed E-state index contributed by atoms with van der Waals surface area (Å²) in [6.07, 6.45) is 3.58. The highest BCUT2D eigenvalue weighted by Crippen LogP contribution is 2.33. The lowest BCUT2D eigenvalue weighted by Crippen LogP contribution is -2.36. The van der Waals surface area contributed by atoms with Crippen LogP contribution in [-0.2, 0) is 9.53 Å². The zero-order valence-electron chi connectivity index (χ0n) is 17.1. The van der Waals surface area contributed by atoms with Gasteiger partial charge in [-0.1, -0.05) is 6.92 Å². The summed E-state index contributed by atoms with van der Waals surface area (Å²) >= 11 is 0. The predicted molar refractivity (Wildman–Crippen MR) is 108 cm³/mol. The molecule has 3 heterocycles. The molecule has 0 spiro atoms. The van der Waals surface area contributed by atoms with Gasteiger partial charge in [0.05, 0.1) is 37.2 Å². The Balaban J connectivity index is 1.43. The highest BCUT2D eigenvalue weighted by molar-refractivity contribution is 5.90. The highest BCUT2D eigenvalue weighted by atomic mass is 19.1. The van der Waals surface area contributed by atoms with Crippen LogP contribution in [0.2, 0.25) is 0 Å². The molecule has 2 aliphatic rings. The molecule has 2 fully saturated rings. The Morgan fingerprint density at radius 3 is 2.45 bits per heavy atom. The van der Waals surface area contributed by atoms with Gasteiger partial charge in [-0.05, 0) is 12.8 Å². The molecule has 9 nitrogen and oxygen atoms in total. The second-order valence-corrected chi connectivity index (χ2v) is 7.60. The van der Waals surface area contributed by atoms with Crippen LogP contribution in [0.15, 0.2) is 24.5 Å². The Morgan fingerprint density at radius 2 is 1.84 bits per heavy atom. The van der Waals surface area contributed by atoms with E-state index in [2.05, 4.69) is 15.5 Å². The minimum Gasteiger partial charge on any atom is -0.442 e. The molecule has 0 radical (unpaired) electrons. The number of carbonyl (C=O) groups excluding carboxylic acids is 2. The first-order valence-corrected chi connectivity index (χ1v) is 10.3. The zero-order chi connectivity index (χ0) is 22.0. The van der Waals surface area contributed by atoms with E-state index in [0.717, 1.165) is 12.1 Å². The molecule has 2 aromatic rings. The van der Waals surface area contributed by atoms with Gasteiger partial charge in [-0.3, -0.25) is 9.69 Å². The topological polar surface area (TPSA) is 92.6 Å². The number of halogens is 2. The number of nitrogens with one attached hydrogen (secondary N) is 1. The number of piperidine rings is 1. The van der Waals surface area contributed by atoms with Gasteiger partial charge in [0.25, 0.3) is 0 Å². The minimum atomic E-state index is -0.735. The van der Waals surface area contributed by atoms with Crippen molar-refractivity contribution < 1.29 is 23.1 Å². The summed E-state index contributed by atoms with van der Waals surface area (Å²) in [5.41, 5.74) is -0.0151. The second kappa shape index (κ2) is 8.86. The number of nitrogens with zero attached hydrogens (tertiary/aromatic N) is 5. The quantitative estimate of drug-likeness (QED) is 0.750.